The van der Waals surface area contributed by atoms with Crippen molar-refractivity contribution in [2.75, 3.05) is 19.5 Å². The van der Waals surface area contributed by atoms with Gasteiger partial charge in [-0.25, -0.2) is 9.18 Å². The van der Waals surface area contributed by atoms with Gasteiger partial charge in [0.05, 0.1) is 18.9 Å². The van der Waals surface area contributed by atoms with Crippen molar-refractivity contribution in [3.63, 3.8) is 0 Å². The molecule has 0 aliphatic rings. The van der Waals surface area contributed by atoms with Gasteiger partial charge in [-0.3, -0.25) is 4.79 Å². The van der Waals surface area contributed by atoms with E-state index >= 15 is 0 Å². The Bertz CT molecular complexity index is 486. The van der Waals surface area contributed by atoms with E-state index in [-0.39, 0.29) is 11.4 Å². The number of halogens is 1. The predicted octanol–water partition coefficient (Wildman–Crippen LogP) is 1.04. The summed E-state index contributed by atoms with van der Waals surface area (Å²) < 4.78 is 17.8. The van der Waals surface area contributed by atoms with Crippen LogP contribution in [-0.2, 0) is 14.3 Å². The van der Waals surface area contributed by atoms with Crippen LogP contribution in [0.5, 0.6) is 0 Å². The molecule has 0 spiro atoms. The molecule has 0 fully saturated rings. The zero-order valence-corrected chi connectivity index (χ0v) is 9.99. The lowest BCUT2D eigenvalue weighted by atomic mass is 10.2. The lowest BCUT2D eigenvalue weighted by Crippen LogP contribution is -2.25. The number of anilines is 1. The molecule has 0 saturated heterocycles. The minimum absolute atomic E-state index is 0.0938. The molecular formula is C12H13FN2O3. The number of benzene rings is 1. The SMILES string of the molecule is CNC(=O)/C(=C/C(=O)OC)Nc1ccccc1F. The first kappa shape index (κ1) is 13.7. The lowest BCUT2D eigenvalue weighted by molar-refractivity contribution is -0.135. The summed E-state index contributed by atoms with van der Waals surface area (Å²) in [6.45, 7) is 0. The highest BCUT2D eigenvalue weighted by atomic mass is 19.1. The van der Waals surface area contributed by atoms with E-state index in [1.54, 1.807) is 6.07 Å². The number of nitrogens with one attached hydrogen (secondary N) is 2. The Labute approximate surface area is 104 Å². The van der Waals surface area contributed by atoms with Crippen LogP contribution in [-0.4, -0.2) is 26.0 Å². The van der Waals surface area contributed by atoms with Crippen LogP contribution in [0.15, 0.2) is 36.0 Å². The van der Waals surface area contributed by atoms with Gasteiger partial charge < -0.3 is 15.4 Å². The van der Waals surface area contributed by atoms with E-state index in [9.17, 15) is 14.0 Å². The summed E-state index contributed by atoms with van der Waals surface area (Å²) in [5.74, 6) is -1.79. The largest absolute Gasteiger partial charge is 0.466 e. The Kier molecular flexibility index (Phi) is 4.86. The molecule has 0 radical (unpaired) electrons. The van der Waals surface area contributed by atoms with Gasteiger partial charge in [0.1, 0.15) is 11.5 Å². The third kappa shape index (κ3) is 3.58. The maximum Gasteiger partial charge on any atom is 0.332 e. The number of esters is 1. The average molecular weight is 252 g/mol. The topological polar surface area (TPSA) is 67.4 Å². The molecule has 1 aromatic rings. The maximum absolute atomic E-state index is 13.4. The number of carbonyl (C=O) groups excluding carboxylic acids is 2. The number of likely N-dealkylation sites (N-methyl/N-ethyl adjacent to an activating group) is 1. The molecular weight excluding hydrogens is 239 g/mol. The van der Waals surface area contributed by atoms with E-state index in [0.717, 1.165) is 6.08 Å². The molecule has 0 heterocycles. The molecule has 5 nitrogen and oxygen atoms in total. The van der Waals surface area contributed by atoms with E-state index in [2.05, 4.69) is 15.4 Å². The summed E-state index contributed by atoms with van der Waals surface area (Å²) in [6.07, 6.45) is 0.950. The van der Waals surface area contributed by atoms with Gasteiger partial charge in [0.15, 0.2) is 0 Å². The van der Waals surface area contributed by atoms with Crippen molar-refractivity contribution in [1.29, 1.82) is 0 Å². The van der Waals surface area contributed by atoms with Crippen molar-refractivity contribution in [1.82, 2.24) is 5.32 Å². The van der Waals surface area contributed by atoms with Crippen LogP contribution >= 0.6 is 0 Å². The summed E-state index contributed by atoms with van der Waals surface area (Å²) in [4.78, 5) is 22.6. The number of carbonyl (C=O) groups is 2. The summed E-state index contributed by atoms with van der Waals surface area (Å²) in [5.41, 5.74) is -0.00861. The minimum Gasteiger partial charge on any atom is -0.466 e. The highest BCUT2D eigenvalue weighted by molar-refractivity contribution is 6.01. The van der Waals surface area contributed by atoms with E-state index < -0.39 is 17.7 Å². The predicted molar refractivity (Wildman–Crippen MR) is 64.2 cm³/mol. The molecule has 2 N–H and O–H groups in total. The molecule has 18 heavy (non-hydrogen) atoms. The van der Waals surface area contributed by atoms with Gasteiger partial charge in [-0.1, -0.05) is 12.1 Å². The van der Waals surface area contributed by atoms with Crippen LogP contribution in [0, 0.1) is 5.82 Å². The van der Waals surface area contributed by atoms with Crippen LogP contribution in [0.3, 0.4) is 0 Å². The molecule has 6 heteroatoms. The molecule has 0 aliphatic heterocycles. The number of para-hydroxylation sites is 1. The zero-order valence-electron chi connectivity index (χ0n) is 9.99. The van der Waals surface area contributed by atoms with Crippen LogP contribution in [0.1, 0.15) is 0 Å². The van der Waals surface area contributed by atoms with E-state index in [1.807, 2.05) is 0 Å². The van der Waals surface area contributed by atoms with E-state index in [0.29, 0.717) is 0 Å². The summed E-state index contributed by atoms with van der Waals surface area (Å²) >= 11 is 0. The van der Waals surface area contributed by atoms with Crippen molar-refractivity contribution < 1.29 is 18.7 Å². The van der Waals surface area contributed by atoms with Crippen molar-refractivity contribution in [2.24, 2.45) is 0 Å². The van der Waals surface area contributed by atoms with Crippen molar-refractivity contribution in [3.05, 3.63) is 41.9 Å². The highest BCUT2D eigenvalue weighted by Gasteiger charge is 2.12. The monoisotopic (exact) mass is 252 g/mol. The van der Waals surface area contributed by atoms with Gasteiger partial charge in [-0.05, 0) is 12.1 Å². The Morgan fingerprint density at radius 1 is 1.33 bits per heavy atom. The first-order valence-electron chi connectivity index (χ1n) is 5.11. The fourth-order valence-corrected chi connectivity index (χ4v) is 1.18. The van der Waals surface area contributed by atoms with Gasteiger partial charge in [0.2, 0.25) is 0 Å². The van der Waals surface area contributed by atoms with Gasteiger partial charge in [0.25, 0.3) is 5.91 Å². The Morgan fingerprint density at radius 2 is 2.00 bits per heavy atom. The zero-order chi connectivity index (χ0) is 13.5. The van der Waals surface area contributed by atoms with E-state index in [1.165, 1.54) is 32.4 Å². The molecule has 0 saturated carbocycles. The smallest absolute Gasteiger partial charge is 0.332 e. The van der Waals surface area contributed by atoms with Crippen molar-refractivity contribution in [2.45, 2.75) is 0 Å². The molecule has 1 amide bonds. The minimum atomic E-state index is -0.711. The highest BCUT2D eigenvalue weighted by Crippen LogP contribution is 2.15. The normalized spacial score (nSPS) is 10.7. The van der Waals surface area contributed by atoms with E-state index in [4.69, 9.17) is 0 Å². The number of hydrogen-bond acceptors (Lipinski definition) is 4. The Morgan fingerprint density at radius 3 is 2.56 bits per heavy atom. The number of rotatable bonds is 4. The van der Waals surface area contributed by atoms with Crippen molar-refractivity contribution >= 4 is 17.6 Å². The first-order chi connectivity index (χ1) is 8.58. The van der Waals surface area contributed by atoms with Gasteiger partial charge in [0, 0.05) is 7.05 Å². The summed E-state index contributed by atoms with van der Waals surface area (Å²) in [6, 6.07) is 5.81. The number of amides is 1. The fourth-order valence-electron chi connectivity index (χ4n) is 1.18. The summed E-state index contributed by atoms with van der Waals surface area (Å²) in [5, 5.41) is 4.87. The third-order valence-electron chi connectivity index (χ3n) is 2.08. The molecule has 1 rings (SSSR count). The van der Waals surface area contributed by atoms with Crippen LogP contribution < -0.4 is 10.6 Å². The van der Waals surface area contributed by atoms with Gasteiger partial charge in [-0.2, -0.15) is 0 Å². The molecule has 0 aromatic heterocycles. The van der Waals surface area contributed by atoms with Gasteiger partial charge >= 0.3 is 5.97 Å². The molecule has 0 unspecified atom stereocenters. The van der Waals surface area contributed by atoms with Crippen LogP contribution in [0.2, 0.25) is 0 Å². The van der Waals surface area contributed by atoms with Crippen molar-refractivity contribution in [3.8, 4) is 0 Å². The molecule has 1 aromatic carbocycles. The quantitative estimate of drug-likeness (QED) is 0.620. The lowest BCUT2D eigenvalue weighted by Gasteiger charge is -2.10. The molecule has 0 atom stereocenters. The van der Waals surface area contributed by atoms with Crippen LogP contribution in [0.25, 0.3) is 0 Å². The molecule has 96 valence electrons. The van der Waals surface area contributed by atoms with Crippen LogP contribution in [0.4, 0.5) is 10.1 Å². The fraction of sp³-hybridized carbons (Fsp3) is 0.167. The standard InChI is InChI=1S/C12H13FN2O3/c1-14-12(17)10(7-11(16)18-2)15-9-6-4-3-5-8(9)13/h3-7,15H,1-2H3,(H,14,17)/b10-7-. The maximum atomic E-state index is 13.4. The number of methoxy groups -OCH3 is 1. The average Bonchev–Trinajstić information content (AvgIpc) is 2.39. The second-order valence-corrected chi connectivity index (χ2v) is 3.27. The Hall–Kier alpha value is -2.37. The third-order valence-corrected chi connectivity index (χ3v) is 2.08. The Balaban J connectivity index is 3.00. The second kappa shape index (κ2) is 6.39. The second-order valence-electron chi connectivity index (χ2n) is 3.27. The number of hydrogen-bond donors (Lipinski definition) is 2. The molecule has 0 bridgehead atoms. The first-order valence-corrected chi connectivity index (χ1v) is 5.11. The molecule has 0 aliphatic carbocycles. The number of ether oxygens (including phenoxy) is 1. The van der Waals surface area contributed by atoms with Gasteiger partial charge in [-0.15, -0.1) is 0 Å². The summed E-state index contributed by atoms with van der Waals surface area (Å²) in [7, 11) is 2.58.